The monoisotopic (exact) mass is 314 g/mol. The quantitative estimate of drug-likeness (QED) is 0.330. The van der Waals surface area contributed by atoms with Crippen molar-refractivity contribution in [1.29, 1.82) is 0 Å². The van der Waals surface area contributed by atoms with Crippen LogP contribution in [0.2, 0.25) is 0 Å². The molecule has 1 unspecified atom stereocenters. The second-order valence-electron chi connectivity index (χ2n) is 3.43. The molecular formula is C9H14AsNNaO5+. The summed E-state index contributed by atoms with van der Waals surface area (Å²) in [5.74, 6) is 0.300. The Kier molecular flexibility index (Phi) is 6.87. The Labute approximate surface area is 124 Å². The minimum absolute atomic E-state index is 0. The maximum atomic E-state index is 11.0. The number of aliphatic hydroxyl groups is 1. The van der Waals surface area contributed by atoms with Crippen LogP contribution in [0.15, 0.2) is 18.2 Å². The van der Waals surface area contributed by atoms with Crippen molar-refractivity contribution in [3.05, 3.63) is 18.2 Å². The van der Waals surface area contributed by atoms with E-state index in [2.05, 4.69) is 0 Å². The average molecular weight is 314 g/mol. The summed E-state index contributed by atoms with van der Waals surface area (Å²) >= 11 is -4.90. The van der Waals surface area contributed by atoms with Crippen LogP contribution >= 0.6 is 0 Å². The Bertz CT molecular complexity index is 420. The Morgan fingerprint density at radius 1 is 1.47 bits per heavy atom. The van der Waals surface area contributed by atoms with Crippen LogP contribution in [-0.2, 0) is 3.74 Å². The molecule has 0 fully saturated rings. The third-order valence-electron chi connectivity index (χ3n) is 1.81. The van der Waals surface area contributed by atoms with Crippen molar-refractivity contribution in [2.45, 2.75) is 13.0 Å². The van der Waals surface area contributed by atoms with Crippen LogP contribution in [0.1, 0.15) is 6.92 Å². The first-order valence-electron chi connectivity index (χ1n) is 4.57. The number of rotatable bonds is 4. The van der Waals surface area contributed by atoms with Gasteiger partial charge in [-0.05, 0) is 0 Å². The largest absolute Gasteiger partial charge is 1.00 e. The molecule has 0 aliphatic rings. The molecule has 0 spiro atoms. The van der Waals surface area contributed by atoms with Crippen molar-refractivity contribution in [3.8, 4) is 5.75 Å². The summed E-state index contributed by atoms with van der Waals surface area (Å²) in [5, 5.41) is 9.00. The van der Waals surface area contributed by atoms with Gasteiger partial charge in [0.05, 0.1) is 0 Å². The van der Waals surface area contributed by atoms with Gasteiger partial charge < -0.3 is 0 Å². The van der Waals surface area contributed by atoms with Crippen LogP contribution in [0.4, 0.5) is 5.69 Å². The third kappa shape index (κ3) is 5.48. The molecule has 0 radical (unpaired) electrons. The Hall–Kier alpha value is 0.0584. The molecule has 1 aromatic carbocycles. The molecule has 1 aromatic rings. The smallest absolute Gasteiger partial charge is 1.00 e. The molecule has 0 aliphatic carbocycles. The van der Waals surface area contributed by atoms with Gasteiger partial charge in [0.1, 0.15) is 0 Å². The van der Waals surface area contributed by atoms with Crippen molar-refractivity contribution in [2.24, 2.45) is 0 Å². The fourth-order valence-electron chi connectivity index (χ4n) is 1.06. The number of hydrogen-bond acceptors (Lipinski definition) is 4. The predicted molar refractivity (Wildman–Crippen MR) is 58.5 cm³/mol. The van der Waals surface area contributed by atoms with Gasteiger partial charge in [0, 0.05) is 0 Å². The number of ether oxygens (including phenoxy) is 1. The Morgan fingerprint density at radius 2 is 2.06 bits per heavy atom. The van der Waals surface area contributed by atoms with Gasteiger partial charge >= 0.3 is 125 Å². The molecule has 17 heavy (non-hydrogen) atoms. The molecule has 90 valence electrons. The zero-order chi connectivity index (χ0) is 12.3. The maximum absolute atomic E-state index is 11.0. The van der Waals surface area contributed by atoms with Gasteiger partial charge in [-0.25, -0.2) is 0 Å². The molecule has 0 aliphatic heterocycles. The maximum Gasteiger partial charge on any atom is 1.00 e. The fraction of sp³-hybridized carbons (Fsp3) is 0.333. The molecule has 0 saturated carbocycles. The van der Waals surface area contributed by atoms with E-state index < -0.39 is 20.3 Å². The van der Waals surface area contributed by atoms with E-state index in [4.69, 9.17) is 23.8 Å². The number of anilines is 1. The number of hydrogen-bond donors (Lipinski definition) is 4. The topological polar surface area (TPSA) is 113 Å². The zero-order valence-electron chi connectivity index (χ0n) is 9.70. The fourth-order valence-corrected chi connectivity index (χ4v) is 2.27. The first kappa shape index (κ1) is 17.1. The van der Waals surface area contributed by atoms with Crippen molar-refractivity contribution in [2.75, 3.05) is 12.3 Å². The second-order valence-corrected chi connectivity index (χ2v) is 6.79. The summed E-state index contributed by atoms with van der Waals surface area (Å²) in [7, 11) is 0. The minimum Gasteiger partial charge on any atom is 1.00 e. The minimum atomic E-state index is -4.90. The molecule has 5 N–H and O–H groups in total. The van der Waals surface area contributed by atoms with Gasteiger partial charge in [0.25, 0.3) is 0 Å². The summed E-state index contributed by atoms with van der Waals surface area (Å²) in [5.41, 5.74) is 5.71. The zero-order valence-corrected chi connectivity index (χ0v) is 13.6. The van der Waals surface area contributed by atoms with Gasteiger partial charge in [-0.2, -0.15) is 0 Å². The van der Waals surface area contributed by atoms with E-state index in [-0.39, 0.29) is 46.2 Å². The van der Waals surface area contributed by atoms with Gasteiger partial charge in [0.15, 0.2) is 0 Å². The predicted octanol–water partition coefficient (Wildman–Crippen LogP) is -4.41. The number of nitrogens with two attached hydrogens (primary N) is 1. The normalized spacial score (nSPS) is 12.7. The van der Waals surface area contributed by atoms with Crippen LogP contribution in [0.25, 0.3) is 0 Å². The van der Waals surface area contributed by atoms with Crippen LogP contribution in [0, 0.1) is 0 Å². The molecule has 0 saturated heterocycles. The van der Waals surface area contributed by atoms with E-state index in [1.165, 1.54) is 18.2 Å². The van der Waals surface area contributed by atoms with E-state index >= 15 is 0 Å². The van der Waals surface area contributed by atoms with Gasteiger partial charge in [-0.3, -0.25) is 0 Å². The van der Waals surface area contributed by atoms with E-state index in [9.17, 15) is 3.74 Å². The molecule has 8 heteroatoms. The van der Waals surface area contributed by atoms with Gasteiger partial charge in [-0.15, -0.1) is 0 Å². The van der Waals surface area contributed by atoms with Crippen molar-refractivity contribution in [3.63, 3.8) is 0 Å². The van der Waals surface area contributed by atoms with Crippen molar-refractivity contribution < 1.29 is 51.3 Å². The molecule has 1 rings (SSSR count). The van der Waals surface area contributed by atoms with Crippen molar-refractivity contribution >= 4 is 24.2 Å². The SMILES string of the molecule is CC(O)COc1ccc([As](=O)(O)O)cc1N.[Na+]. The summed E-state index contributed by atoms with van der Waals surface area (Å²) in [4.78, 5) is 0. The second kappa shape index (κ2) is 6.85. The first-order chi connectivity index (χ1) is 7.30. The van der Waals surface area contributed by atoms with Gasteiger partial charge in [-0.1, -0.05) is 0 Å². The summed E-state index contributed by atoms with van der Waals surface area (Å²) in [6.45, 7) is 1.63. The third-order valence-corrected chi connectivity index (χ3v) is 3.80. The van der Waals surface area contributed by atoms with Gasteiger partial charge in [0.2, 0.25) is 0 Å². The molecular weight excluding hydrogens is 300 g/mol. The number of nitrogen functional groups attached to an aromatic ring is 1. The van der Waals surface area contributed by atoms with Crippen LogP contribution in [0.3, 0.4) is 0 Å². The van der Waals surface area contributed by atoms with E-state index in [1.54, 1.807) is 6.92 Å². The van der Waals surface area contributed by atoms with E-state index in [1.807, 2.05) is 0 Å². The molecule has 0 amide bonds. The standard InChI is InChI=1S/C9H14AsNO5.Na/c1-6(12)5-16-9-3-2-7(4-8(9)11)10(13,14)15;/h2-4,6,12H,5,11H2,1H3,(H2,13,14,15);/q;+1. The molecule has 0 heterocycles. The summed E-state index contributed by atoms with van der Waals surface area (Å²) in [6, 6.07) is 3.85. The molecule has 1 atom stereocenters. The van der Waals surface area contributed by atoms with E-state index in [0.29, 0.717) is 5.75 Å². The Morgan fingerprint density at radius 3 is 2.47 bits per heavy atom. The molecule has 0 aromatic heterocycles. The summed E-state index contributed by atoms with van der Waals surface area (Å²) in [6.07, 6.45) is -0.634. The first-order valence-corrected chi connectivity index (χ1v) is 7.95. The Balaban J connectivity index is 0.00000256. The van der Waals surface area contributed by atoms with E-state index in [0.717, 1.165) is 0 Å². The molecule has 6 nitrogen and oxygen atoms in total. The molecule has 0 bridgehead atoms. The van der Waals surface area contributed by atoms with Crippen LogP contribution < -0.4 is 44.4 Å². The average Bonchev–Trinajstić information content (AvgIpc) is 2.14. The van der Waals surface area contributed by atoms with Crippen LogP contribution in [0.5, 0.6) is 5.75 Å². The summed E-state index contributed by atoms with van der Waals surface area (Å²) < 4.78 is 33.9. The van der Waals surface area contributed by atoms with Crippen LogP contribution in [-0.4, -0.2) is 40.2 Å². The number of benzene rings is 1. The number of aliphatic hydroxyl groups excluding tert-OH is 1. The van der Waals surface area contributed by atoms with Crippen molar-refractivity contribution in [1.82, 2.24) is 0 Å².